The summed E-state index contributed by atoms with van der Waals surface area (Å²) in [6.45, 7) is 1.67. The predicted molar refractivity (Wildman–Crippen MR) is 78.1 cm³/mol. The smallest absolute Gasteiger partial charge is 0.450 e. The van der Waals surface area contributed by atoms with Gasteiger partial charge in [-0.15, -0.1) is 0 Å². The number of carbonyl (C=O) groups excluding carboxylic acids is 3. The van der Waals surface area contributed by atoms with Gasteiger partial charge in [-0.3, -0.25) is 14.4 Å². The minimum absolute atomic E-state index is 0. The Morgan fingerprint density at radius 1 is 1.13 bits per heavy atom. The number of methoxy groups -OCH3 is 1. The van der Waals surface area contributed by atoms with E-state index >= 15 is 0 Å². The highest BCUT2D eigenvalue weighted by molar-refractivity contribution is 6.09. The molecule has 128 valence electrons. The van der Waals surface area contributed by atoms with Crippen molar-refractivity contribution in [2.24, 2.45) is 5.92 Å². The lowest BCUT2D eigenvalue weighted by Gasteiger charge is -2.09. The summed E-state index contributed by atoms with van der Waals surface area (Å²) in [5, 5.41) is 0. The van der Waals surface area contributed by atoms with Gasteiger partial charge in [0, 0.05) is 5.56 Å². The Bertz CT molecular complexity index is 562. The zero-order chi connectivity index (χ0) is 16.9. The Balaban J connectivity index is 0.00000484. The molecule has 0 heterocycles. The maximum absolute atomic E-state index is 12.1. The average Bonchev–Trinajstić information content (AvgIpc) is 2.45. The van der Waals surface area contributed by atoms with Crippen LogP contribution in [0.2, 0.25) is 0 Å². The topological polar surface area (TPSA) is 60.4 Å². The lowest BCUT2D eigenvalue weighted by Crippen LogP contribution is -2.25. The maximum Gasteiger partial charge on any atom is 0.450 e. The number of rotatable bonds is 6. The minimum atomic E-state index is -5.01. The Kier molecular flexibility index (Phi) is 7.65. The van der Waals surface area contributed by atoms with Crippen molar-refractivity contribution in [2.75, 3.05) is 7.11 Å². The summed E-state index contributed by atoms with van der Waals surface area (Å²) >= 11 is 0. The number of Topliss-reactive ketones (excluding diaryl/α,β-unsaturated/α-hetero) is 2. The maximum atomic E-state index is 12.1. The van der Waals surface area contributed by atoms with Crippen molar-refractivity contribution in [1.29, 1.82) is 0 Å². The van der Waals surface area contributed by atoms with Crippen LogP contribution in [0.4, 0.5) is 13.2 Å². The molecule has 0 aliphatic heterocycles. The number of hydrogen-bond donors (Lipinski definition) is 0. The quantitative estimate of drug-likeness (QED) is 0.455. The van der Waals surface area contributed by atoms with Crippen molar-refractivity contribution in [3.8, 4) is 0 Å². The van der Waals surface area contributed by atoms with Crippen molar-refractivity contribution < 1.29 is 32.3 Å². The molecule has 7 heteroatoms. The highest BCUT2D eigenvalue weighted by atomic mass is 19.4. The van der Waals surface area contributed by atoms with Crippen molar-refractivity contribution in [3.63, 3.8) is 0 Å². The van der Waals surface area contributed by atoms with E-state index in [0.29, 0.717) is 6.42 Å². The van der Waals surface area contributed by atoms with Gasteiger partial charge in [0.1, 0.15) is 0 Å². The predicted octanol–water partition coefficient (Wildman–Crippen LogP) is 3.38. The highest BCUT2D eigenvalue weighted by Crippen LogP contribution is 2.19. The van der Waals surface area contributed by atoms with Gasteiger partial charge in [-0.2, -0.15) is 13.2 Å². The first-order valence-corrected chi connectivity index (χ1v) is 6.45. The molecule has 0 saturated heterocycles. The molecule has 1 aromatic rings. The monoisotopic (exact) mass is 332 g/mol. The van der Waals surface area contributed by atoms with E-state index in [2.05, 4.69) is 4.74 Å². The number of ether oxygens (including phenoxy) is 1. The molecule has 0 radical (unpaired) electrons. The first kappa shape index (κ1) is 20.8. The van der Waals surface area contributed by atoms with Crippen molar-refractivity contribution >= 4 is 17.5 Å². The van der Waals surface area contributed by atoms with E-state index < -0.39 is 24.2 Å². The van der Waals surface area contributed by atoms with Crippen LogP contribution in [-0.4, -0.2) is 30.8 Å². The standard InChI is InChI=1S/C15H15F3O4.CH4/c1-9(14(21)22-2)7-10-3-5-11(6-4-10)12(19)8-13(20)15(16,17)18;/h3-6,9H,7-8H2,1-2H3;1H4. The van der Waals surface area contributed by atoms with Crippen LogP contribution in [0, 0.1) is 5.92 Å². The lowest BCUT2D eigenvalue weighted by molar-refractivity contribution is -0.170. The summed E-state index contributed by atoms with van der Waals surface area (Å²) in [6.07, 6.45) is -5.84. The Morgan fingerprint density at radius 3 is 2.09 bits per heavy atom. The van der Waals surface area contributed by atoms with Gasteiger partial charge in [0.05, 0.1) is 19.4 Å². The molecule has 4 nitrogen and oxygen atoms in total. The van der Waals surface area contributed by atoms with Gasteiger partial charge in [-0.05, 0) is 12.0 Å². The van der Waals surface area contributed by atoms with Gasteiger partial charge >= 0.3 is 12.1 Å². The first-order valence-electron chi connectivity index (χ1n) is 6.45. The molecule has 0 aliphatic rings. The van der Waals surface area contributed by atoms with Gasteiger partial charge in [-0.25, -0.2) is 0 Å². The molecule has 0 saturated carbocycles. The summed E-state index contributed by atoms with van der Waals surface area (Å²) in [6, 6.07) is 5.74. The molecule has 23 heavy (non-hydrogen) atoms. The second-order valence-corrected chi connectivity index (χ2v) is 4.85. The van der Waals surface area contributed by atoms with E-state index in [1.165, 1.54) is 31.4 Å². The number of alkyl halides is 3. The van der Waals surface area contributed by atoms with E-state index in [1.807, 2.05) is 0 Å². The van der Waals surface area contributed by atoms with E-state index in [1.54, 1.807) is 6.92 Å². The molecular weight excluding hydrogens is 313 g/mol. The molecule has 1 atom stereocenters. The van der Waals surface area contributed by atoms with Crippen LogP contribution in [0.5, 0.6) is 0 Å². The van der Waals surface area contributed by atoms with E-state index in [4.69, 9.17) is 0 Å². The van der Waals surface area contributed by atoms with Crippen LogP contribution in [0.3, 0.4) is 0 Å². The van der Waals surface area contributed by atoms with Crippen LogP contribution < -0.4 is 0 Å². The number of benzene rings is 1. The van der Waals surface area contributed by atoms with E-state index in [-0.39, 0.29) is 24.9 Å². The molecule has 0 N–H and O–H groups in total. The molecule has 0 bridgehead atoms. The molecule has 0 aliphatic carbocycles. The minimum Gasteiger partial charge on any atom is -0.469 e. The third kappa shape index (κ3) is 6.22. The Labute approximate surface area is 132 Å². The number of halogens is 3. The Hall–Kier alpha value is -2.18. The average molecular weight is 332 g/mol. The van der Waals surface area contributed by atoms with Gasteiger partial charge in [-0.1, -0.05) is 38.6 Å². The highest BCUT2D eigenvalue weighted by Gasteiger charge is 2.39. The molecule has 0 aromatic heterocycles. The van der Waals surface area contributed by atoms with E-state index in [0.717, 1.165) is 5.56 Å². The lowest BCUT2D eigenvalue weighted by atomic mass is 9.98. The van der Waals surface area contributed by atoms with Crippen molar-refractivity contribution in [1.82, 2.24) is 0 Å². The zero-order valence-corrected chi connectivity index (χ0v) is 12.1. The third-order valence-corrected chi connectivity index (χ3v) is 3.06. The molecule has 1 aromatic carbocycles. The van der Waals surface area contributed by atoms with Gasteiger partial charge < -0.3 is 4.74 Å². The summed E-state index contributed by atoms with van der Waals surface area (Å²) in [5.41, 5.74) is 0.753. The van der Waals surface area contributed by atoms with Gasteiger partial charge in [0.25, 0.3) is 0 Å². The fraction of sp³-hybridized carbons (Fsp3) is 0.438. The van der Waals surface area contributed by atoms with Crippen molar-refractivity contribution in [2.45, 2.75) is 33.4 Å². The SMILES string of the molecule is C.COC(=O)C(C)Cc1ccc(C(=O)CC(=O)C(F)(F)F)cc1. The fourth-order valence-electron chi connectivity index (χ4n) is 1.81. The zero-order valence-electron chi connectivity index (χ0n) is 12.1. The second kappa shape index (κ2) is 8.45. The number of esters is 1. The number of ketones is 2. The van der Waals surface area contributed by atoms with Crippen LogP contribution in [0.1, 0.15) is 36.7 Å². The molecule has 1 rings (SSSR count). The summed E-state index contributed by atoms with van der Waals surface area (Å²) in [7, 11) is 1.28. The fourth-order valence-corrected chi connectivity index (χ4v) is 1.81. The van der Waals surface area contributed by atoms with Crippen LogP contribution in [0.25, 0.3) is 0 Å². The molecule has 1 unspecified atom stereocenters. The molecular formula is C16H19F3O4. The Morgan fingerprint density at radius 2 is 1.65 bits per heavy atom. The molecule has 0 amide bonds. The van der Waals surface area contributed by atoms with Crippen LogP contribution >= 0.6 is 0 Å². The van der Waals surface area contributed by atoms with Crippen LogP contribution in [0.15, 0.2) is 24.3 Å². The third-order valence-electron chi connectivity index (χ3n) is 3.06. The molecule has 0 fully saturated rings. The largest absolute Gasteiger partial charge is 0.469 e. The van der Waals surface area contributed by atoms with Gasteiger partial charge in [0.15, 0.2) is 5.78 Å². The van der Waals surface area contributed by atoms with Crippen molar-refractivity contribution in [3.05, 3.63) is 35.4 Å². The molecule has 0 spiro atoms. The summed E-state index contributed by atoms with van der Waals surface area (Å²) in [5.74, 6) is -3.72. The second-order valence-electron chi connectivity index (χ2n) is 4.85. The summed E-state index contributed by atoms with van der Waals surface area (Å²) < 4.78 is 40.9. The number of hydrogen-bond acceptors (Lipinski definition) is 4. The number of carbonyl (C=O) groups is 3. The van der Waals surface area contributed by atoms with Gasteiger partial charge in [0.2, 0.25) is 5.78 Å². The van der Waals surface area contributed by atoms with E-state index in [9.17, 15) is 27.6 Å². The van der Waals surface area contributed by atoms with Crippen LogP contribution in [-0.2, 0) is 20.7 Å². The normalized spacial score (nSPS) is 12.0. The summed E-state index contributed by atoms with van der Waals surface area (Å²) in [4.78, 5) is 33.7. The first-order chi connectivity index (χ1) is 10.1.